The fourth-order valence-corrected chi connectivity index (χ4v) is 1.91. The molecule has 0 fully saturated rings. The Kier molecular flexibility index (Phi) is 3.60. The molecule has 98 valence electrons. The first kappa shape index (κ1) is 13.2. The molecular weight excluding hydrogens is 248 g/mol. The summed E-state index contributed by atoms with van der Waals surface area (Å²) in [6.45, 7) is 3.71. The second kappa shape index (κ2) is 5.18. The zero-order valence-corrected chi connectivity index (χ0v) is 10.6. The Hall–Kier alpha value is -2.23. The fourth-order valence-electron chi connectivity index (χ4n) is 1.91. The molecule has 2 aromatic rings. The molecule has 0 saturated heterocycles. The third-order valence-electron chi connectivity index (χ3n) is 2.69. The maximum Gasteiger partial charge on any atom is 0.255 e. The van der Waals surface area contributed by atoms with E-state index in [0.29, 0.717) is 5.56 Å². The smallest absolute Gasteiger partial charge is 0.255 e. The van der Waals surface area contributed by atoms with E-state index < -0.39 is 23.2 Å². The molecule has 4 heteroatoms. The molecule has 2 nitrogen and oxygen atoms in total. The minimum atomic E-state index is -0.794. The molecule has 0 heterocycles. The topological polar surface area (TPSA) is 29.1 Å². The molecular formula is C15H13F2NO. The number of rotatable bonds is 2. The number of carbonyl (C=O) groups excluding carboxylic acids is 1. The summed E-state index contributed by atoms with van der Waals surface area (Å²) < 4.78 is 26.9. The van der Waals surface area contributed by atoms with Gasteiger partial charge in [-0.3, -0.25) is 4.79 Å². The highest BCUT2D eigenvalue weighted by Crippen LogP contribution is 2.19. The summed E-state index contributed by atoms with van der Waals surface area (Å²) in [6.07, 6.45) is 0. The van der Waals surface area contributed by atoms with Gasteiger partial charge in [-0.2, -0.15) is 0 Å². The van der Waals surface area contributed by atoms with Crippen LogP contribution in [0.25, 0.3) is 0 Å². The van der Waals surface area contributed by atoms with Crippen molar-refractivity contribution in [1.29, 1.82) is 0 Å². The first-order valence-electron chi connectivity index (χ1n) is 5.81. The van der Waals surface area contributed by atoms with Crippen molar-refractivity contribution in [3.8, 4) is 0 Å². The van der Waals surface area contributed by atoms with E-state index in [1.165, 1.54) is 6.07 Å². The average molecular weight is 261 g/mol. The predicted molar refractivity (Wildman–Crippen MR) is 70.2 cm³/mol. The van der Waals surface area contributed by atoms with Gasteiger partial charge < -0.3 is 5.32 Å². The first-order chi connectivity index (χ1) is 8.97. The van der Waals surface area contributed by atoms with Crippen LogP contribution < -0.4 is 5.32 Å². The standard InChI is InChI=1S/C15H13F2NO/c1-9-6-10(2)8-11(7-9)15(19)18-14-12(16)4-3-5-13(14)17/h3-8H,1-2H3,(H,18,19). The van der Waals surface area contributed by atoms with Crippen LogP contribution in [0.2, 0.25) is 0 Å². The number of para-hydroxylation sites is 1. The van der Waals surface area contributed by atoms with Gasteiger partial charge in [0, 0.05) is 5.56 Å². The molecule has 0 aliphatic carbocycles. The molecule has 0 aliphatic rings. The number of nitrogens with one attached hydrogen (secondary N) is 1. The van der Waals surface area contributed by atoms with Crippen molar-refractivity contribution >= 4 is 11.6 Å². The largest absolute Gasteiger partial charge is 0.317 e. The maximum absolute atomic E-state index is 13.4. The van der Waals surface area contributed by atoms with Gasteiger partial charge in [0.15, 0.2) is 0 Å². The molecule has 0 spiro atoms. The van der Waals surface area contributed by atoms with Crippen molar-refractivity contribution in [2.24, 2.45) is 0 Å². The van der Waals surface area contributed by atoms with E-state index in [0.717, 1.165) is 23.3 Å². The zero-order valence-electron chi connectivity index (χ0n) is 10.6. The zero-order chi connectivity index (χ0) is 14.0. The van der Waals surface area contributed by atoms with Crippen molar-refractivity contribution < 1.29 is 13.6 Å². The average Bonchev–Trinajstić information content (AvgIpc) is 2.32. The Balaban J connectivity index is 2.31. The monoisotopic (exact) mass is 261 g/mol. The van der Waals surface area contributed by atoms with Crippen molar-refractivity contribution in [3.05, 3.63) is 64.7 Å². The summed E-state index contributed by atoms with van der Waals surface area (Å²) >= 11 is 0. The molecule has 0 unspecified atom stereocenters. The number of aryl methyl sites for hydroxylation is 2. The van der Waals surface area contributed by atoms with Crippen molar-refractivity contribution in [2.45, 2.75) is 13.8 Å². The highest BCUT2D eigenvalue weighted by atomic mass is 19.1. The van der Waals surface area contributed by atoms with Gasteiger partial charge in [0.25, 0.3) is 5.91 Å². The Morgan fingerprint density at radius 2 is 1.53 bits per heavy atom. The summed E-state index contributed by atoms with van der Waals surface area (Å²) in [7, 11) is 0. The third-order valence-corrected chi connectivity index (χ3v) is 2.69. The third kappa shape index (κ3) is 2.96. The molecule has 0 saturated carbocycles. The van der Waals surface area contributed by atoms with Crippen LogP contribution in [0, 0.1) is 25.5 Å². The Morgan fingerprint density at radius 1 is 1.00 bits per heavy atom. The minimum Gasteiger partial charge on any atom is -0.317 e. The Morgan fingerprint density at radius 3 is 2.05 bits per heavy atom. The fraction of sp³-hybridized carbons (Fsp3) is 0.133. The van der Waals surface area contributed by atoms with Gasteiger partial charge >= 0.3 is 0 Å². The lowest BCUT2D eigenvalue weighted by Gasteiger charge is -2.08. The van der Waals surface area contributed by atoms with E-state index in [1.54, 1.807) is 12.1 Å². The van der Waals surface area contributed by atoms with Crippen LogP contribution in [0.4, 0.5) is 14.5 Å². The van der Waals surface area contributed by atoms with E-state index in [4.69, 9.17) is 0 Å². The molecule has 1 amide bonds. The molecule has 1 N–H and O–H groups in total. The van der Waals surface area contributed by atoms with Crippen LogP contribution in [0.1, 0.15) is 21.5 Å². The number of benzene rings is 2. The van der Waals surface area contributed by atoms with Gasteiger partial charge in [0.1, 0.15) is 17.3 Å². The van der Waals surface area contributed by atoms with Crippen LogP contribution in [0.3, 0.4) is 0 Å². The number of hydrogen-bond donors (Lipinski definition) is 1. The second-order valence-electron chi connectivity index (χ2n) is 4.43. The van der Waals surface area contributed by atoms with Crippen LogP contribution >= 0.6 is 0 Å². The summed E-state index contributed by atoms with van der Waals surface area (Å²) in [4.78, 5) is 12.0. The van der Waals surface area contributed by atoms with Gasteiger partial charge in [-0.25, -0.2) is 8.78 Å². The Bertz CT molecular complexity index is 598. The molecule has 2 rings (SSSR count). The number of carbonyl (C=O) groups is 1. The highest BCUT2D eigenvalue weighted by Gasteiger charge is 2.13. The van der Waals surface area contributed by atoms with E-state index in [2.05, 4.69) is 5.32 Å². The normalized spacial score (nSPS) is 10.3. The van der Waals surface area contributed by atoms with E-state index in [-0.39, 0.29) is 0 Å². The van der Waals surface area contributed by atoms with E-state index in [1.807, 2.05) is 19.9 Å². The van der Waals surface area contributed by atoms with Crippen LogP contribution in [-0.4, -0.2) is 5.91 Å². The van der Waals surface area contributed by atoms with Crippen molar-refractivity contribution in [2.75, 3.05) is 5.32 Å². The van der Waals surface area contributed by atoms with E-state index >= 15 is 0 Å². The molecule has 0 aliphatic heterocycles. The molecule has 0 radical (unpaired) electrons. The van der Waals surface area contributed by atoms with Gasteiger partial charge in [-0.1, -0.05) is 23.3 Å². The van der Waals surface area contributed by atoms with Crippen molar-refractivity contribution in [3.63, 3.8) is 0 Å². The minimum absolute atomic E-state index is 0.375. The van der Waals surface area contributed by atoms with Crippen LogP contribution in [-0.2, 0) is 0 Å². The van der Waals surface area contributed by atoms with Gasteiger partial charge in [0.2, 0.25) is 0 Å². The van der Waals surface area contributed by atoms with E-state index in [9.17, 15) is 13.6 Å². The first-order valence-corrected chi connectivity index (χ1v) is 5.81. The van der Waals surface area contributed by atoms with Crippen LogP contribution in [0.5, 0.6) is 0 Å². The van der Waals surface area contributed by atoms with Crippen molar-refractivity contribution in [1.82, 2.24) is 0 Å². The second-order valence-corrected chi connectivity index (χ2v) is 4.43. The molecule has 0 atom stereocenters. The quantitative estimate of drug-likeness (QED) is 0.874. The lowest BCUT2D eigenvalue weighted by Crippen LogP contribution is -2.14. The molecule has 0 bridgehead atoms. The van der Waals surface area contributed by atoms with Crippen LogP contribution in [0.15, 0.2) is 36.4 Å². The number of amides is 1. The highest BCUT2D eigenvalue weighted by molar-refractivity contribution is 6.04. The van der Waals surface area contributed by atoms with Gasteiger partial charge in [0.05, 0.1) is 0 Å². The number of anilines is 1. The molecule has 2 aromatic carbocycles. The van der Waals surface area contributed by atoms with Gasteiger partial charge in [-0.05, 0) is 38.1 Å². The predicted octanol–water partition coefficient (Wildman–Crippen LogP) is 3.83. The summed E-state index contributed by atoms with van der Waals surface area (Å²) in [5.41, 5.74) is 1.78. The SMILES string of the molecule is Cc1cc(C)cc(C(=O)Nc2c(F)cccc2F)c1. The summed E-state index contributed by atoms with van der Waals surface area (Å²) in [5.74, 6) is -2.12. The van der Waals surface area contributed by atoms with Gasteiger partial charge in [-0.15, -0.1) is 0 Å². The molecule has 19 heavy (non-hydrogen) atoms. The molecule has 0 aromatic heterocycles. The lowest BCUT2D eigenvalue weighted by molar-refractivity contribution is 0.102. The number of hydrogen-bond acceptors (Lipinski definition) is 1. The lowest BCUT2D eigenvalue weighted by atomic mass is 10.1. The maximum atomic E-state index is 13.4. The number of halogens is 2. The Labute approximate surface area is 110 Å². The summed E-state index contributed by atoms with van der Waals surface area (Å²) in [5, 5.41) is 2.26. The summed E-state index contributed by atoms with van der Waals surface area (Å²) in [6, 6.07) is 8.69.